The van der Waals surface area contributed by atoms with Crippen molar-refractivity contribution in [3.8, 4) is 0 Å². The molecule has 1 unspecified atom stereocenters. The van der Waals surface area contributed by atoms with E-state index in [1.54, 1.807) is 12.1 Å². The topological polar surface area (TPSA) is 43.4 Å². The van der Waals surface area contributed by atoms with Crippen LogP contribution in [0.2, 0.25) is 0 Å². The summed E-state index contributed by atoms with van der Waals surface area (Å²) in [6, 6.07) is 10.1. The van der Waals surface area contributed by atoms with Crippen LogP contribution in [0.5, 0.6) is 0 Å². The molecule has 0 aliphatic heterocycles. The van der Waals surface area contributed by atoms with Crippen molar-refractivity contribution in [3.05, 3.63) is 57.5 Å². The summed E-state index contributed by atoms with van der Waals surface area (Å²) in [6.45, 7) is 4.27. The van der Waals surface area contributed by atoms with Crippen molar-refractivity contribution in [3.63, 3.8) is 0 Å². The number of benzene rings is 1. The van der Waals surface area contributed by atoms with Crippen LogP contribution >= 0.6 is 11.3 Å². The number of ketones is 1. The van der Waals surface area contributed by atoms with E-state index in [-0.39, 0.29) is 23.5 Å². The minimum absolute atomic E-state index is 0.116. The number of esters is 1. The third-order valence-corrected chi connectivity index (χ3v) is 5.38. The lowest BCUT2D eigenvalue weighted by atomic mass is 10.0. The Kier molecular flexibility index (Phi) is 7.98. The van der Waals surface area contributed by atoms with E-state index in [1.165, 1.54) is 23.5 Å². The largest absolute Gasteiger partial charge is 0.466 e. The van der Waals surface area contributed by atoms with Crippen LogP contribution in [-0.2, 0) is 22.4 Å². The van der Waals surface area contributed by atoms with E-state index in [9.17, 15) is 14.0 Å². The molecule has 140 valence electrons. The third-order valence-electron chi connectivity index (χ3n) is 4.19. The Labute approximate surface area is 158 Å². The average Bonchev–Trinajstić information content (AvgIpc) is 3.08. The van der Waals surface area contributed by atoms with Gasteiger partial charge in [-0.1, -0.05) is 19.1 Å². The van der Waals surface area contributed by atoms with Gasteiger partial charge in [0.25, 0.3) is 0 Å². The summed E-state index contributed by atoms with van der Waals surface area (Å²) < 4.78 is 17.9. The van der Waals surface area contributed by atoms with Gasteiger partial charge in [0.2, 0.25) is 0 Å². The zero-order valence-corrected chi connectivity index (χ0v) is 16.1. The van der Waals surface area contributed by atoms with Crippen LogP contribution < -0.4 is 0 Å². The molecular formula is C21H25FO3S. The van der Waals surface area contributed by atoms with E-state index >= 15 is 0 Å². The second-order valence-corrected chi connectivity index (χ2v) is 7.64. The summed E-state index contributed by atoms with van der Waals surface area (Å²) in [6.07, 6.45) is 3.22. The lowest BCUT2D eigenvalue weighted by Gasteiger charge is -2.09. The number of Topliss-reactive ketones (excluding diaryl/α,β-unsaturated/α-hetero) is 1. The van der Waals surface area contributed by atoms with Gasteiger partial charge in [-0.15, -0.1) is 11.3 Å². The number of ether oxygens (including phenoxy) is 1. The van der Waals surface area contributed by atoms with Gasteiger partial charge in [-0.25, -0.2) is 4.39 Å². The Morgan fingerprint density at radius 1 is 1.12 bits per heavy atom. The lowest BCUT2D eigenvalue weighted by Crippen LogP contribution is -2.09. The van der Waals surface area contributed by atoms with E-state index in [0.29, 0.717) is 25.9 Å². The maximum atomic E-state index is 12.9. The van der Waals surface area contributed by atoms with E-state index in [0.717, 1.165) is 28.2 Å². The maximum absolute atomic E-state index is 12.9. The zero-order chi connectivity index (χ0) is 18.9. The first-order chi connectivity index (χ1) is 12.5. The van der Waals surface area contributed by atoms with Gasteiger partial charge in [0.15, 0.2) is 5.78 Å². The minimum atomic E-state index is -0.264. The van der Waals surface area contributed by atoms with E-state index in [1.807, 2.05) is 26.0 Å². The first kappa shape index (κ1) is 20.3. The molecule has 0 spiro atoms. The van der Waals surface area contributed by atoms with Crippen molar-refractivity contribution in [2.24, 2.45) is 5.92 Å². The van der Waals surface area contributed by atoms with Crippen LogP contribution in [0.1, 0.15) is 53.2 Å². The SMILES string of the molecule is CCOC(=O)CC(C)CCc1ccc(C(=O)CCc2ccc(F)cc2)s1. The van der Waals surface area contributed by atoms with Gasteiger partial charge in [0.1, 0.15) is 5.82 Å². The van der Waals surface area contributed by atoms with Gasteiger partial charge in [0.05, 0.1) is 11.5 Å². The van der Waals surface area contributed by atoms with Crippen molar-refractivity contribution >= 4 is 23.1 Å². The predicted molar refractivity (Wildman–Crippen MR) is 102 cm³/mol. The Bertz CT molecular complexity index is 721. The fourth-order valence-corrected chi connectivity index (χ4v) is 3.68. The van der Waals surface area contributed by atoms with Gasteiger partial charge in [-0.2, -0.15) is 0 Å². The van der Waals surface area contributed by atoms with Gasteiger partial charge in [0, 0.05) is 17.7 Å². The molecule has 0 aliphatic carbocycles. The maximum Gasteiger partial charge on any atom is 0.306 e. The summed E-state index contributed by atoms with van der Waals surface area (Å²) in [5.41, 5.74) is 0.962. The third kappa shape index (κ3) is 6.71. The molecule has 0 fully saturated rings. The number of thiophene rings is 1. The molecule has 1 aromatic carbocycles. The molecule has 3 nitrogen and oxygen atoms in total. The summed E-state index contributed by atoms with van der Waals surface area (Å²) in [4.78, 5) is 25.7. The predicted octanol–water partition coefficient (Wildman–Crippen LogP) is 5.22. The quantitative estimate of drug-likeness (QED) is 0.421. The Morgan fingerprint density at radius 2 is 1.85 bits per heavy atom. The van der Waals surface area contributed by atoms with Crippen LogP contribution in [0, 0.1) is 11.7 Å². The number of aryl methyl sites for hydroxylation is 2. The molecule has 1 atom stereocenters. The molecule has 0 saturated carbocycles. The second-order valence-electron chi connectivity index (χ2n) is 6.47. The van der Waals surface area contributed by atoms with Crippen LogP contribution in [0.25, 0.3) is 0 Å². The lowest BCUT2D eigenvalue weighted by molar-refractivity contribution is -0.144. The molecule has 0 amide bonds. The molecular weight excluding hydrogens is 351 g/mol. The molecule has 0 radical (unpaired) electrons. The van der Waals surface area contributed by atoms with Crippen molar-refractivity contribution < 1.29 is 18.7 Å². The van der Waals surface area contributed by atoms with Crippen molar-refractivity contribution in [2.75, 3.05) is 6.61 Å². The Balaban J connectivity index is 1.78. The molecule has 1 heterocycles. The fraction of sp³-hybridized carbons (Fsp3) is 0.429. The number of carbonyl (C=O) groups is 2. The highest BCUT2D eigenvalue weighted by atomic mass is 32.1. The van der Waals surface area contributed by atoms with Crippen molar-refractivity contribution in [2.45, 2.75) is 46.0 Å². The molecule has 2 rings (SSSR count). The van der Waals surface area contributed by atoms with E-state index in [2.05, 4.69) is 0 Å². The van der Waals surface area contributed by atoms with Crippen LogP contribution in [0.3, 0.4) is 0 Å². The van der Waals surface area contributed by atoms with Crippen LogP contribution in [-0.4, -0.2) is 18.4 Å². The first-order valence-electron chi connectivity index (χ1n) is 9.00. The zero-order valence-electron chi connectivity index (χ0n) is 15.3. The van der Waals surface area contributed by atoms with Gasteiger partial charge in [-0.3, -0.25) is 9.59 Å². The summed E-state index contributed by atoms with van der Waals surface area (Å²) in [7, 11) is 0. The number of rotatable bonds is 10. The number of halogens is 1. The average molecular weight is 376 g/mol. The summed E-state index contributed by atoms with van der Waals surface area (Å²) >= 11 is 1.52. The van der Waals surface area contributed by atoms with Crippen molar-refractivity contribution in [1.82, 2.24) is 0 Å². The highest BCUT2D eigenvalue weighted by Crippen LogP contribution is 2.22. The van der Waals surface area contributed by atoms with Crippen LogP contribution in [0.4, 0.5) is 4.39 Å². The smallest absolute Gasteiger partial charge is 0.306 e. The van der Waals surface area contributed by atoms with Crippen molar-refractivity contribution in [1.29, 1.82) is 0 Å². The molecule has 0 saturated heterocycles. The van der Waals surface area contributed by atoms with Gasteiger partial charge >= 0.3 is 5.97 Å². The number of hydrogen-bond acceptors (Lipinski definition) is 4. The van der Waals surface area contributed by atoms with Crippen LogP contribution in [0.15, 0.2) is 36.4 Å². The standard InChI is InChI=1S/C21H25FO3S/c1-3-25-21(24)14-15(2)4-10-18-11-13-20(26-18)19(23)12-7-16-5-8-17(22)9-6-16/h5-6,8-9,11,13,15H,3-4,7,10,12,14H2,1-2H3. The molecule has 5 heteroatoms. The molecule has 2 aromatic rings. The number of carbonyl (C=O) groups excluding carboxylic acids is 2. The Hall–Kier alpha value is -2.01. The van der Waals surface area contributed by atoms with E-state index < -0.39 is 0 Å². The summed E-state index contributed by atoms with van der Waals surface area (Å²) in [5, 5.41) is 0. The van der Waals surface area contributed by atoms with Gasteiger partial charge in [-0.05, 0) is 61.9 Å². The molecule has 0 aliphatic rings. The van der Waals surface area contributed by atoms with E-state index in [4.69, 9.17) is 4.74 Å². The molecule has 0 N–H and O–H groups in total. The van der Waals surface area contributed by atoms with Gasteiger partial charge < -0.3 is 4.74 Å². The molecule has 0 bridgehead atoms. The monoisotopic (exact) mass is 376 g/mol. The normalized spacial score (nSPS) is 12.0. The highest BCUT2D eigenvalue weighted by molar-refractivity contribution is 7.14. The fourth-order valence-electron chi connectivity index (χ4n) is 2.69. The number of hydrogen-bond donors (Lipinski definition) is 0. The summed E-state index contributed by atoms with van der Waals surface area (Å²) in [5.74, 6) is -0.0399. The highest BCUT2D eigenvalue weighted by Gasteiger charge is 2.13. The first-order valence-corrected chi connectivity index (χ1v) is 9.81. The minimum Gasteiger partial charge on any atom is -0.466 e. The second kappa shape index (κ2) is 10.2. The molecule has 26 heavy (non-hydrogen) atoms. The Morgan fingerprint density at radius 3 is 2.54 bits per heavy atom. The molecule has 1 aromatic heterocycles.